The third kappa shape index (κ3) is 17.1. The summed E-state index contributed by atoms with van der Waals surface area (Å²) >= 11 is 0. The van der Waals surface area contributed by atoms with Crippen LogP contribution >= 0.6 is 0 Å². The predicted molar refractivity (Wildman–Crippen MR) is 174 cm³/mol. The fourth-order valence-corrected chi connectivity index (χ4v) is 6.16. The predicted octanol–water partition coefficient (Wildman–Crippen LogP) is 11.7. The van der Waals surface area contributed by atoms with Crippen LogP contribution in [-0.2, 0) is 6.42 Å². The van der Waals surface area contributed by atoms with Crippen molar-refractivity contribution in [2.75, 3.05) is 13.1 Å². The molecule has 0 spiro atoms. The molecule has 0 aromatic heterocycles. The molecule has 1 aliphatic rings. The average Bonchev–Trinajstić information content (AvgIpc) is 3.33. The molecule has 1 aromatic rings. The van der Waals surface area contributed by atoms with Gasteiger partial charge >= 0.3 is 0 Å². The van der Waals surface area contributed by atoms with E-state index in [-0.39, 0.29) is 0 Å². The fourth-order valence-electron chi connectivity index (χ4n) is 6.16. The molecule has 224 valence electrons. The molecule has 1 heterocycles. The van der Waals surface area contributed by atoms with E-state index < -0.39 is 0 Å². The molecule has 0 radical (unpaired) electrons. The standard InChI is InChI=1S/C37H66N2/c1-3-5-7-9-11-12-13-14-15-16-17-18-19-20-21-23-28-32-39-34-33-38(31-27-22-10-8-6-4-2)37(39)35-36-29-25-24-26-30-36/h24-26,29-30,33-34,37H,3-23,27-28,31-32,35H2,1-2H3. The number of hydrogen-bond donors (Lipinski definition) is 0. The zero-order valence-corrected chi connectivity index (χ0v) is 26.4. The molecule has 1 aliphatic heterocycles. The maximum atomic E-state index is 2.63. The van der Waals surface area contributed by atoms with Crippen molar-refractivity contribution >= 4 is 0 Å². The summed E-state index contributed by atoms with van der Waals surface area (Å²) in [5, 5.41) is 0. The number of nitrogens with zero attached hydrogens (tertiary/aromatic N) is 2. The minimum atomic E-state index is 0.504. The van der Waals surface area contributed by atoms with E-state index in [1.807, 2.05) is 0 Å². The first-order valence-corrected chi connectivity index (χ1v) is 17.6. The van der Waals surface area contributed by atoms with Gasteiger partial charge in [0.25, 0.3) is 0 Å². The van der Waals surface area contributed by atoms with E-state index in [1.165, 1.54) is 166 Å². The first-order valence-electron chi connectivity index (χ1n) is 17.6. The van der Waals surface area contributed by atoms with Gasteiger partial charge in [0.1, 0.15) is 6.17 Å². The van der Waals surface area contributed by atoms with E-state index in [1.54, 1.807) is 0 Å². The molecule has 1 aromatic carbocycles. The zero-order chi connectivity index (χ0) is 27.6. The van der Waals surface area contributed by atoms with Crippen LogP contribution in [0.25, 0.3) is 0 Å². The van der Waals surface area contributed by atoms with Gasteiger partial charge in [-0.2, -0.15) is 0 Å². The Labute approximate surface area is 245 Å². The second-order valence-electron chi connectivity index (χ2n) is 12.4. The molecular weight excluding hydrogens is 472 g/mol. The minimum Gasteiger partial charge on any atom is -0.356 e. The Balaban J connectivity index is 1.50. The molecule has 0 bridgehead atoms. The number of hydrogen-bond acceptors (Lipinski definition) is 2. The van der Waals surface area contributed by atoms with E-state index in [2.05, 4.69) is 66.4 Å². The third-order valence-electron chi connectivity index (χ3n) is 8.77. The molecule has 0 aliphatic carbocycles. The topological polar surface area (TPSA) is 6.48 Å². The van der Waals surface area contributed by atoms with Crippen LogP contribution in [0.15, 0.2) is 42.7 Å². The highest BCUT2D eigenvalue weighted by Crippen LogP contribution is 2.22. The van der Waals surface area contributed by atoms with E-state index in [4.69, 9.17) is 0 Å². The molecule has 2 heteroatoms. The fraction of sp³-hybridized carbons (Fsp3) is 0.784. The van der Waals surface area contributed by atoms with Crippen LogP contribution in [0.2, 0.25) is 0 Å². The minimum absolute atomic E-state index is 0.504. The van der Waals surface area contributed by atoms with Gasteiger partial charge in [-0.15, -0.1) is 0 Å². The molecule has 0 N–H and O–H groups in total. The Bertz CT molecular complexity index is 669. The normalized spacial score (nSPS) is 15.1. The Hall–Kier alpha value is -1.44. The first kappa shape index (κ1) is 33.8. The maximum Gasteiger partial charge on any atom is 0.105 e. The van der Waals surface area contributed by atoms with Crippen LogP contribution in [-0.4, -0.2) is 29.1 Å². The van der Waals surface area contributed by atoms with Gasteiger partial charge < -0.3 is 9.80 Å². The monoisotopic (exact) mass is 539 g/mol. The lowest BCUT2D eigenvalue weighted by Crippen LogP contribution is -2.41. The van der Waals surface area contributed by atoms with Crippen LogP contribution in [0, 0.1) is 0 Å². The summed E-state index contributed by atoms with van der Waals surface area (Å²) in [4.78, 5) is 5.26. The van der Waals surface area contributed by atoms with Crippen molar-refractivity contribution in [3.05, 3.63) is 48.3 Å². The second-order valence-corrected chi connectivity index (χ2v) is 12.4. The quantitative estimate of drug-likeness (QED) is 0.103. The summed E-state index contributed by atoms with van der Waals surface area (Å²) in [5.74, 6) is 0. The summed E-state index contributed by atoms with van der Waals surface area (Å²) in [6.07, 6.45) is 39.1. The Kier molecular flexibility index (Phi) is 21.1. The first-order chi connectivity index (χ1) is 19.3. The van der Waals surface area contributed by atoms with E-state index in [0.29, 0.717) is 6.17 Å². The lowest BCUT2D eigenvalue weighted by molar-refractivity contribution is 0.148. The lowest BCUT2D eigenvalue weighted by atomic mass is 10.0. The van der Waals surface area contributed by atoms with Crippen LogP contribution in [0.1, 0.15) is 167 Å². The molecule has 39 heavy (non-hydrogen) atoms. The summed E-state index contributed by atoms with van der Waals surface area (Å²) in [6, 6.07) is 11.1. The summed E-state index contributed by atoms with van der Waals surface area (Å²) in [5.41, 5.74) is 1.46. The molecule has 1 atom stereocenters. The summed E-state index contributed by atoms with van der Waals surface area (Å²) in [7, 11) is 0. The third-order valence-corrected chi connectivity index (χ3v) is 8.77. The average molecular weight is 539 g/mol. The molecule has 0 saturated carbocycles. The van der Waals surface area contributed by atoms with Crippen LogP contribution in [0.4, 0.5) is 0 Å². The van der Waals surface area contributed by atoms with Crippen molar-refractivity contribution in [1.82, 2.24) is 9.80 Å². The highest BCUT2D eigenvalue weighted by Gasteiger charge is 2.25. The summed E-state index contributed by atoms with van der Waals surface area (Å²) < 4.78 is 0. The van der Waals surface area contributed by atoms with Gasteiger partial charge in [-0.05, 0) is 18.4 Å². The number of rotatable bonds is 27. The van der Waals surface area contributed by atoms with Gasteiger partial charge in [0.05, 0.1) is 0 Å². The largest absolute Gasteiger partial charge is 0.356 e. The Morgan fingerprint density at radius 2 is 0.769 bits per heavy atom. The molecule has 1 unspecified atom stereocenters. The van der Waals surface area contributed by atoms with E-state index in [0.717, 1.165) is 6.42 Å². The van der Waals surface area contributed by atoms with Gasteiger partial charge in [0.15, 0.2) is 0 Å². The van der Waals surface area contributed by atoms with Crippen molar-refractivity contribution in [3.8, 4) is 0 Å². The Morgan fingerprint density at radius 1 is 0.436 bits per heavy atom. The lowest BCUT2D eigenvalue weighted by Gasteiger charge is -2.33. The van der Waals surface area contributed by atoms with Crippen LogP contribution in [0.3, 0.4) is 0 Å². The van der Waals surface area contributed by atoms with Crippen molar-refractivity contribution in [2.45, 2.75) is 174 Å². The maximum absolute atomic E-state index is 2.63. The van der Waals surface area contributed by atoms with Crippen LogP contribution in [0.5, 0.6) is 0 Å². The molecular formula is C37H66N2. The molecule has 2 rings (SSSR count). The van der Waals surface area contributed by atoms with Gasteiger partial charge in [-0.1, -0.05) is 179 Å². The molecule has 2 nitrogen and oxygen atoms in total. The highest BCUT2D eigenvalue weighted by atomic mass is 15.4. The van der Waals surface area contributed by atoms with Gasteiger partial charge in [-0.3, -0.25) is 0 Å². The SMILES string of the molecule is CCCCCCCCCCCCCCCCCCCN1C=CN(CCCCCCCC)C1Cc1ccccc1. The van der Waals surface area contributed by atoms with Crippen molar-refractivity contribution < 1.29 is 0 Å². The summed E-state index contributed by atoms with van der Waals surface area (Å²) in [6.45, 7) is 7.02. The highest BCUT2D eigenvalue weighted by molar-refractivity contribution is 5.17. The smallest absolute Gasteiger partial charge is 0.105 e. The van der Waals surface area contributed by atoms with Crippen molar-refractivity contribution in [3.63, 3.8) is 0 Å². The van der Waals surface area contributed by atoms with Gasteiger partial charge in [0.2, 0.25) is 0 Å². The number of benzene rings is 1. The molecule has 0 amide bonds. The van der Waals surface area contributed by atoms with Crippen LogP contribution < -0.4 is 0 Å². The van der Waals surface area contributed by atoms with E-state index in [9.17, 15) is 0 Å². The zero-order valence-electron chi connectivity index (χ0n) is 26.4. The van der Waals surface area contributed by atoms with Gasteiger partial charge in [-0.25, -0.2) is 0 Å². The molecule has 0 fully saturated rings. The number of unbranched alkanes of at least 4 members (excludes halogenated alkanes) is 21. The Morgan fingerprint density at radius 3 is 1.13 bits per heavy atom. The van der Waals surface area contributed by atoms with Crippen molar-refractivity contribution in [1.29, 1.82) is 0 Å². The van der Waals surface area contributed by atoms with Crippen molar-refractivity contribution in [2.24, 2.45) is 0 Å². The molecule has 0 saturated heterocycles. The second kappa shape index (κ2) is 24.4. The van der Waals surface area contributed by atoms with E-state index >= 15 is 0 Å². The van der Waals surface area contributed by atoms with Gasteiger partial charge in [0, 0.05) is 31.9 Å².